The van der Waals surface area contributed by atoms with Crippen LogP contribution < -0.4 is 5.32 Å². The van der Waals surface area contributed by atoms with Gasteiger partial charge in [0.1, 0.15) is 5.01 Å². The molecule has 138 valence electrons. The molecule has 0 bridgehead atoms. The first-order chi connectivity index (χ1) is 10.8. The first-order valence-electron chi connectivity index (χ1n) is 7.25. The third-order valence-corrected chi connectivity index (χ3v) is 4.83. The van der Waals surface area contributed by atoms with Gasteiger partial charge in [-0.3, -0.25) is 4.79 Å². The number of rotatable bonds is 5. The average Bonchev–Trinajstić information content (AvgIpc) is 2.96. The second-order valence-electron chi connectivity index (χ2n) is 5.75. The minimum Gasteiger partial charge on any atom is -0.384 e. The van der Waals surface area contributed by atoms with Crippen LogP contribution >= 0.6 is 23.7 Å². The number of amides is 1. The molecule has 1 aliphatic rings. The lowest BCUT2D eigenvalue weighted by atomic mass is 9.78. The van der Waals surface area contributed by atoms with Crippen LogP contribution in [0.1, 0.15) is 23.5 Å². The maximum atomic E-state index is 12.8. The van der Waals surface area contributed by atoms with Crippen molar-refractivity contribution in [2.24, 2.45) is 5.41 Å². The second-order valence-corrected chi connectivity index (χ2v) is 6.69. The molecule has 0 unspecified atom stereocenters. The normalized spacial score (nSPS) is 17.2. The van der Waals surface area contributed by atoms with Gasteiger partial charge in [0.2, 0.25) is 5.91 Å². The number of nitrogens with zero attached hydrogens (tertiary/aromatic N) is 2. The monoisotopic (exact) mass is 387 g/mol. The highest BCUT2D eigenvalue weighted by molar-refractivity contribution is 7.09. The number of hydrogen-bond acceptors (Lipinski definition) is 5. The summed E-state index contributed by atoms with van der Waals surface area (Å²) in [7, 11) is 3.14. The maximum Gasteiger partial charge on any atom is 0.434 e. The molecular formula is C14H21ClF3N3O2S. The third kappa shape index (κ3) is 4.81. The van der Waals surface area contributed by atoms with E-state index in [2.05, 4.69) is 10.3 Å². The molecule has 1 N–H and O–H groups in total. The van der Waals surface area contributed by atoms with Crippen LogP contribution in [0, 0.1) is 5.41 Å². The number of aromatic nitrogens is 1. The lowest BCUT2D eigenvalue weighted by Gasteiger charge is -2.38. The number of hydrogen-bond donors (Lipinski definition) is 1. The van der Waals surface area contributed by atoms with E-state index in [0.717, 1.165) is 29.8 Å². The van der Waals surface area contributed by atoms with Crippen molar-refractivity contribution in [2.75, 3.05) is 33.9 Å². The minimum atomic E-state index is -4.45. The summed E-state index contributed by atoms with van der Waals surface area (Å²) in [4.78, 5) is 17.8. The number of halogens is 4. The van der Waals surface area contributed by atoms with Crippen molar-refractivity contribution >= 4 is 29.7 Å². The lowest BCUT2D eigenvalue weighted by Crippen LogP contribution is -2.50. The average molecular weight is 388 g/mol. The Morgan fingerprint density at radius 3 is 2.58 bits per heavy atom. The third-order valence-electron chi connectivity index (χ3n) is 4.00. The van der Waals surface area contributed by atoms with Crippen LogP contribution in [-0.4, -0.2) is 49.6 Å². The molecular weight excluding hydrogens is 367 g/mol. The molecule has 5 nitrogen and oxygen atoms in total. The van der Waals surface area contributed by atoms with Gasteiger partial charge in [0, 0.05) is 19.5 Å². The smallest absolute Gasteiger partial charge is 0.384 e. The van der Waals surface area contributed by atoms with Crippen LogP contribution in [0.5, 0.6) is 0 Å². The molecule has 1 amide bonds. The van der Waals surface area contributed by atoms with Crippen molar-refractivity contribution in [2.45, 2.75) is 25.6 Å². The van der Waals surface area contributed by atoms with E-state index in [1.807, 2.05) is 0 Å². The number of thiazole rings is 1. The number of carbonyl (C=O) groups is 1. The van der Waals surface area contributed by atoms with Crippen LogP contribution in [0.15, 0.2) is 5.38 Å². The zero-order valence-electron chi connectivity index (χ0n) is 13.5. The topological polar surface area (TPSA) is 54.5 Å². The van der Waals surface area contributed by atoms with E-state index in [1.165, 1.54) is 4.90 Å². The highest BCUT2D eigenvalue weighted by Crippen LogP contribution is 2.33. The Morgan fingerprint density at radius 2 is 2.08 bits per heavy atom. The van der Waals surface area contributed by atoms with Crippen LogP contribution in [0.25, 0.3) is 0 Å². The van der Waals surface area contributed by atoms with Gasteiger partial charge in [-0.15, -0.1) is 23.7 Å². The van der Waals surface area contributed by atoms with Gasteiger partial charge in [-0.25, -0.2) is 4.98 Å². The van der Waals surface area contributed by atoms with Crippen LogP contribution in [0.3, 0.4) is 0 Å². The van der Waals surface area contributed by atoms with Gasteiger partial charge < -0.3 is 15.0 Å². The summed E-state index contributed by atoms with van der Waals surface area (Å²) in [6.07, 6.45) is -3.16. The zero-order valence-corrected chi connectivity index (χ0v) is 15.1. The standard InChI is InChI=1S/C14H20F3N3O2S.ClH/c1-20(7-11-19-10(8-23-11)14(15,16)17)12(21)13(9-22-2)3-5-18-6-4-13;/h8,18H,3-7,9H2,1-2H3;1H. The molecule has 1 aromatic rings. The Labute approximate surface area is 149 Å². The fourth-order valence-electron chi connectivity index (χ4n) is 2.79. The molecule has 1 fully saturated rings. The predicted octanol–water partition coefficient (Wildman–Crippen LogP) is 2.56. The van der Waals surface area contributed by atoms with Crippen molar-refractivity contribution in [1.29, 1.82) is 0 Å². The molecule has 0 aromatic carbocycles. The Balaban J connectivity index is 0.00000288. The summed E-state index contributed by atoms with van der Waals surface area (Å²) in [5.74, 6) is -0.107. The number of carbonyl (C=O) groups excluding carboxylic acids is 1. The highest BCUT2D eigenvalue weighted by atomic mass is 35.5. The van der Waals surface area contributed by atoms with Gasteiger partial charge in [-0.2, -0.15) is 13.2 Å². The highest BCUT2D eigenvalue weighted by Gasteiger charge is 2.41. The predicted molar refractivity (Wildman–Crippen MR) is 87.3 cm³/mol. The van der Waals surface area contributed by atoms with Crippen LogP contribution in [-0.2, 0) is 22.3 Å². The van der Waals surface area contributed by atoms with Crippen molar-refractivity contribution in [1.82, 2.24) is 15.2 Å². The van der Waals surface area contributed by atoms with Gasteiger partial charge in [0.05, 0.1) is 18.6 Å². The number of alkyl halides is 3. The SMILES string of the molecule is COCC1(C(=O)N(C)Cc2nc(C(F)(F)F)cs2)CCNCC1.Cl. The molecule has 0 aliphatic carbocycles. The molecule has 1 saturated heterocycles. The molecule has 24 heavy (non-hydrogen) atoms. The number of ether oxygens (including phenoxy) is 1. The fourth-order valence-corrected chi connectivity index (χ4v) is 3.65. The molecule has 2 heterocycles. The molecule has 0 saturated carbocycles. The summed E-state index contributed by atoms with van der Waals surface area (Å²) in [5.41, 5.74) is -1.52. The molecule has 1 aromatic heterocycles. The van der Waals surface area contributed by atoms with E-state index >= 15 is 0 Å². The second kappa shape index (κ2) is 8.46. The Morgan fingerprint density at radius 1 is 1.46 bits per heavy atom. The Kier molecular flexibility index (Phi) is 7.45. The summed E-state index contributed by atoms with van der Waals surface area (Å²) in [6.45, 7) is 1.82. The largest absolute Gasteiger partial charge is 0.434 e. The lowest BCUT2D eigenvalue weighted by molar-refractivity contribution is -0.146. The number of piperidine rings is 1. The van der Waals surface area contributed by atoms with Gasteiger partial charge >= 0.3 is 6.18 Å². The van der Waals surface area contributed by atoms with Gasteiger partial charge in [0.15, 0.2) is 5.69 Å². The van der Waals surface area contributed by atoms with E-state index in [0.29, 0.717) is 19.4 Å². The zero-order chi connectivity index (χ0) is 17.1. The quantitative estimate of drug-likeness (QED) is 0.843. The van der Waals surface area contributed by atoms with Crippen molar-refractivity contribution in [3.05, 3.63) is 16.1 Å². The van der Waals surface area contributed by atoms with Gasteiger partial charge in [-0.05, 0) is 25.9 Å². The first-order valence-corrected chi connectivity index (χ1v) is 8.13. The van der Waals surface area contributed by atoms with Gasteiger partial charge in [0.25, 0.3) is 0 Å². The van der Waals surface area contributed by atoms with Crippen LogP contribution in [0.4, 0.5) is 13.2 Å². The van der Waals surface area contributed by atoms with E-state index in [-0.39, 0.29) is 29.9 Å². The summed E-state index contributed by atoms with van der Waals surface area (Å²) in [6, 6.07) is 0. The van der Waals surface area contributed by atoms with Crippen molar-refractivity contribution in [3.63, 3.8) is 0 Å². The fraction of sp³-hybridized carbons (Fsp3) is 0.714. The first kappa shape index (κ1) is 21.1. The molecule has 0 radical (unpaired) electrons. The molecule has 0 atom stereocenters. The van der Waals surface area contributed by atoms with Gasteiger partial charge in [-0.1, -0.05) is 0 Å². The summed E-state index contributed by atoms with van der Waals surface area (Å²) in [5, 5.41) is 4.45. The Bertz CT molecular complexity index is 542. The van der Waals surface area contributed by atoms with Crippen molar-refractivity contribution < 1.29 is 22.7 Å². The van der Waals surface area contributed by atoms with E-state index in [1.54, 1.807) is 14.2 Å². The van der Waals surface area contributed by atoms with E-state index < -0.39 is 17.3 Å². The molecule has 10 heteroatoms. The number of nitrogens with one attached hydrogen (secondary N) is 1. The summed E-state index contributed by atoms with van der Waals surface area (Å²) < 4.78 is 43.0. The molecule has 2 rings (SSSR count). The number of methoxy groups -OCH3 is 1. The van der Waals surface area contributed by atoms with Crippen LogP contribution in [0.2, 0.25) is 0 Å². The van der Waals surface area contributed by atoms with Crippen molar-refractivity contribution in [3.8, 4) is 0 Å². The van der Waals surface area contributed by atoms with E-state index in [9.17, 15) is 18.0 Å². The molecule has 1 aliphatic heterocycles. The molecule has 0 spiro atoms. The summed E-state index contributed by atoms with van der Waals surface area (Å²) >= 11 is 0.912. The Hall–Kier alpha value is -0.900. The van der Waals surface area contributed by atoms with E-state index in [4.69, 9.17) is 4.74 Å². The minimum absolute atomic E-state index is 0. The maximum absolute atomic E-state index is 12.8.